The Kier molecular flexibility index (Phi) is 3.72. The van der Waals surface area contributed by atoms with Crippen molar-refractivity contribution >= 4 is 17.2 Å². The molecular weight excluding hydrogens is 202 g/mol. The van der Waals surface area contributed by atoms with E-state index in [4.69, 9.17) is 5.11 Å². The maximum Gasteiger partial charge on any atom is 0.331 e. The van der Waals surface area contributed by atoms with Gasteiger partial charge in [0, 0.05) is 25.4 Å². The van der Waals surface area contributed by atoms with Crippen molar-refractivity contribution < 1.29 is 9.90 Å². The number of nitrogens with zero attached hydrogens (tertiary/aromatic N) is 1. The highest BCUT2D eigenvalue weighted by molar-refractivity contribution is 5.95. The molecule has 0 saturated carbocycles. The lowest BCUT2D eigenvalue weighted by Gasteiger charge is -2.13. The third-order valence-electron chi connectivity index (χ3n) is 2.70. The predicted molar refractivity (Wildman–Crippen MR) is 66.7 cm³/mol. The number of anilines is 1. The molecule has 3 nitrogen and oxygen atoms in total. The topological polar surface area (TPSA) is 40.5 Å². The molecule has 0 saturated heterocycles. The zero-order valence-corrected chi connectivity index (χ0v) is 10.1. The van der Waals surface area contributed by atoms with Crippen molar-refractivity contribution in [2.45, 2.75) is 13.8 Å². The zero-order chi connectivity index (χ0) is 12.3. The van der Waals surface area contributed by atoms with E-state index in [1.54, 1.807) is 6.92 Å². The summed E-state index contributed by atoms with van der Waals surface area (Å²) >= 11 is 0. The number of hydrogen-bond acceptors (Lipinski definition) is 2. The molecule has 1 aromatic carbocycles. The number of carboxylic acids is 1. The lowest BCUT2D eigenvalue weighted by molar-refractivity contribution is -0.132. The maximum atomic E-state index is 10.8. The Morgan fingerprint density at radius 2 is 1.62 bits per heavy atom. The number of benzene rings is 1. The van der Waals surface area contributed by atoms with Gasteiger partial charge in [0.1, 0.15) is 0 Å². The molecule has 1 rings (SSSR count). The predicted octanol–water partition coefficient (Wildman–Crippen LogP) is 2.63. The van der Waals surface area contributed by atoms with Gasteiger partial charge in [-0.15, -0.1) is 0 Å². The standard InChI is InChI=1S/C13H17NO2/c1-9(10(2)13(15)16)11-5-7-12(8-6-11)14(3)4/h5-8H,1-4H3,(H,15,16)/b10-9+. The normalized spacial score (nSPS) is 12.0. The number of rotatable bonds is 3. The average Bonchev–Trinajstić information content (AvgIpc) is 2.27. The molecule has 1 N–H and O–H groups in total. The van der Waals surface area contributed by atoms with E-state index in [1.165, 1.54) is 0 Å². The van der Waals surface area contributed by atoms with Crippen molar-refractivity contribution in [3.8, 4) is 0 Å². The molecule has 0 unspecified atom stereocenters. The van der Waals surface area contributed by atoms with Crippen molar-refractivity contribution in [1.82, 2.24) is 0 Å². The van der Waals surface area contributed by atoms with E-state index in [1.807, 2.05) is 50.2 Å². The molecular formula is C13H17NO2. The highest BCUT2D eigenvalue weighted by atomic mass is 16.4. The Morgan fingerprint density at radius 3 is 2.00 bits per heavy atom. The van der Waals surface area contributed by atoms with E-state index in [-0.39, 0.29) is 0 Å². The van der Waals surface area contributed by atoms with Gasteiger partial charge in [-0.05, 0) is 37.1 Å². The van der Waals surface area contributed by atoms with E-state index in [9.17, 15) is 4.79 Å². The summed E-state index contributed by atoms with van der Waals surface area (Å²) in [6, 6.07) is 7.84. The lowest BCUT2D eigenvalue weighted by Crippen LogP contribution is -2.08. The monoisotopic (exact) mass is 219 g/mol. The number of carboxylic acid groups (broad SMARTS) is 1. The van der Waals surface area contributed by atoms with Gasteiger partial charge in [-0.3, -0.25) is 0 Å². The third-order valence-corrected chi connectivity index (χ3v) is 2.70. The van der Waals surface area contributed by atoms with Crippen molar-refractivity contribution in [3.05, 3.63) is 35.4 Å². The van der Waals surface area contributed by atoms with Crippen LogP contribution in [0.25, 0.3) is 5.57 Å². The van der Waals surface area contributed by atoms with Crippen LogP contribution in [-0.4, -0.2) is 25.2 Å². The van der Waals surface area contributed by atoms with E-state index in [0.717, 1.165) is 16.8 Å². The van der Waals surface area contributed by atoms with Crippen LogP contribution in [0.3, 0.4) is 0 Å². The highest BCUT2D eigenvalue weighted by Gasteiger charge is 2.07. The lowest BCUT2D eigenvalue weighted by atomic mass is 10.0. The fourth-order valence-electron chi connectivity index (χ4n) is 1.39. The third kappa shape index (κ3) is 2.63. The van der Waals surface area contributed by atoms with Gasteiger partial charge in [0.25, 0.3) is 0 Å². The Labute approximate surface area is 96.0 Å². The summed E-state index contributed by atoms with van der Waals surface area (Å²) < 4.78 is 0. The summed E-state index contributed by atoms with van der Waals surface area (Å²) in [5.74, 6) is -0.866. The van der Waals surface area contributed by atoms with Crippen LogP contribution in [0.15, 0.2) is 29.8 Å². The summed E-state index contributed by atoms with van der Waals surface area (Å²) in [5.41, 5.74) is 3.24. The molecule has 3 heteroatoms. The van der Waals surface area contributed by atoms with Crippen LogP contribution in [0.4, 0.5) is 5.69 Å². The van der Waals surface area contributed by atoms with Crippen molar-refractivity contribution in [1.29, 1.82) is 0 Å². The van der Waals surface area contributed by atoms with Crippen LogP contribution in [0.5, 0.6) is 0 Å². The van der Waals surface area contributed by atoms with Gasteiger partial charge in [0.05, 0.1) is 0 Å². The molecule has 0 aliphatic rings. The van der Waals surface area contributed by atoms with Gasteiger partial charge in [-0.2, -0.15) is 0 Å². The Bertz CT molecular complexity index is 416. The van der Waals surface area contributed by atoms with Crippen LogP contribution >= 0.6 is 0 Å². The summed E-state index contributed by atoms with van der Waals surface area (Å²) in [4.78, 5) is 12.8. The first-order valence-corrected chi connectivity index (χ1v) is 5.12. The minimum absolute atomic E-state index is 0.387. The largest absolute Gasteiger partial charge is 0.478 e. The molecule has 16 heavy (non-hydrogen) atoms. The Balaban J connectivity index is 3.07. The second-order valence-corrected chi connectivity index (χ2v) is 4.00. The molecule has 0 aliphatic carbocycles. The fourth-order valence-corrected chi connectivity index (χ4v) is 1.39. The second-order valence-electron chi connectivity index (χ2n) is 4.00. The number of aliphatic carboxylic acids is 1. The molecule has 0 aliphatic heterocycles. The molecule has 0 radical (unpaired) electrons. The molecule has 0 heterocycles. The zero-order valence-electron chi connectivity index (χ0n) is 10.1. The van der Waals surface area contributed by atoms with Crippen molar-refractivity contribution in [2.75, 3.05) is 19.0 Å². The van der Waals surface area contributed by atoms with Crippen LogP contribution in [0, 0.1) is 0 Å². The first-order valence-electron chi connectivity index (χ1n) is 5.12. The second kappa shape index (κ2) is 4.84. The van der Waals surface area contributed by atoms with Crippen LogP contribution in [0.1, 0.15) is 19.4 Å². The molecule has 0 amide bonds. The number of allylic oxidation sites excluding steroid dienone is 1. The van der Waals surface area contributed by atoms with Gasteiger partial charge in [-0.25, -0.2) is 4.79 Å². The highest BCUT2D eigenvalue weighted by Crippen LogP contribution is 2.21. The summed E-state index contributed by atoms with van der Waals surface area (Å²) in [7, 11) is 3.94. The molecule has 0 spiro atoms. The maximum absolute atomic E-state index is 10.8. The van der Waals surface area contributed by atoms with Crippen LogP contribution in [-0.2, 0) is 4.79 Å². The van der Waals surface area contributed by atoms with E-state index < -0.39 is 5.97 Å². The molecule has 0 bridgehead atoms. The van der Waals surface area contributed by atoms with Gasteiger partial charge < -0.3 is 10.0 Å². The number of carbonyl (C=O) groups is 1. The Morgan fingerprint density at radius 1 is 1.12 bits per heavy atom. The van der Waals surface area contributed by atoms with E-state index in [2.05, 4.69) is 0 Å². The molecule has 1 aromatic rings. The summed E-state index contributed by atoms with van der Waals surface area (Å²) in [6.07, 6.45) is 0. The SMILES string of the molecule is C/C(C(=O)O)=C(/C)c1ccc(N(C)C)cc1. The summed E-state index contributed by atoms with van der Waals surface area (Å²) in [5, 5.41) is 8.89. The molecule has 0 atom stereocenters. The van der Waals surface area contributed by atoms with E-state index in [0.29, 0.717) is 5.57 Å². The first kappa shape index (κ1) is 12.3. The number of hydrogen-bond donors (Lipinski definition) is 1. The van der Waals surface area contributed by atoms with Gasteiger partial charge in [-0.1, -0.05) is 12.1 Å². The minimum Gasteiger partial charge on any atom is -0.478 e. The molecule has 0 fully saturated rings. The summed E-state index contributed by atoms with van der Waals surface area (Å²) in [6.45, 7) is 3.45. The fraction of sp³-hybridized carbons (Fsp3) is 0.308. The Hall–Kier alpha value is -1.77. The minimum atomic E-state index is -0.866. The van der Waals surface area contributed by atoms with Crippen molar-refractivity contribution in [2.24, 2.45) is 0 Å². The van der Waals surface area contributed by atoms with Crippen molar-refractivity contribution in [3.63, 3.8) is 0 Å². The quantitative estimate of drug-likeness (QED) is 0.794. The molecule has 86 valence electrons. The average molecular weight is 219 g/mol. The van der Waals surface area contributed by atoms with Crippen LogP contribution < -0.4 is 4.90 Å². The van der Waals surface area contributed by atoms with Gasteiger partial charge in [0.15, 0.2) is 0 Å². The van der Waals surface area contributed by atoms with Crippen LogP contribution in [0.2, 0.25) is 0 Å². The van der Waals surface area contributed by atoms with E-state index >= 15 is 0 Å². The van der Waals surface area contributed by atoms with Gasteiger partial charge >= 0.3 is 5.97 Å². The molecule has 0 aromatic heterocycles. The smallest absolute Gasteiger partial charge is 0.331 e. The van der Waals surface area contributed by atoms with Gasteiger partial charge in [0.2, 0.25) is 0 Å². The first-order chi connectivity index (χ1) is 7.43.